The van der Waals surface area contributed by atoms with Crippen LogP contribution in [0.15, 0.2) is 12.4 Å². The van der Waals surface area contributed by atoms with Gasteiger partial charge in [-0.15, -0.1) is 0 Å². The first-order valence-corrected chi connectivity index (χ1v) is 3.75. The van der Waals surface area contributed by atoms with E-state index in [9.17, 15) is 0 Å². The molecular formula is C7H9N5. The molecule has 0 aliphatic heterocycles. The Kier molecular flexibility index (Phi) is 1.43. The zero-order chi connectivity index (χ0) is 8.55. The van der Waals surface area contributed by atoms with Gasteiger partial charge in [-0.3, -0.25) is 4.68 Å². The standard InChI is InChI=1S/C7H9N5/c1-2-12-6-4-9-7(8)11-5(6)3-10-12/h3-4H,2H2,1H3,(H2,8,9,11). The maximum Gasteiger partial charge on any atom is 0.220 e. The Labute approximate surface area is 69.2 Å². The molecule has 0 bridgehead atoms. The molecule has 0 fully saturated rings. The third-order valence-corrected chi connectivity index (χ3v) is 1.71. The fraction of sp³-hybridized carbons (Fsp3) is 0.286. The molecule has 0 spiro atoms. The Morgan fingerprint density at radius 1 is 1.50 bits per heavy atom. The number of aryl methyl sites for hydroxylation is 1. The average Bonchev–Trinajstić information content (AvgIpc) is 2.46. The van der Waals surface area contributed by atoms with Gasteiger partial charge in [-0.25, -0.2) is 9.97 Å². The molecule has 2 heterocycles. The third-order valence-electron chi connectivity index (χ3n) is 1.71. The highest BCUT2D eigenvalue weighted by atomic mass is 15.3. The molecular weight excluding hydrogens is 154 g/mol. The third kappa shape index (κ3) is 0.903. The summed E-state index contributed by atoms with van der Waals surface area (Å²) in [4.78, 5) is 7.92. The summed E-state index contributed by atoms with van der Waals surface area (Å²) in [5.74, 6) is 0.290. The van der Waals surface area contributed by atoms with Gasteiger partial charge in [0.25, 0.3) is 0 Å². The van der Waals surface area contributed by atoms with E-state index in [4.69, 9.17) is 5.73 Å². The lowest BCUT2D eigenvalue weighted by Gasteiger charge is -1.96. The summed E-state index contributed by atoms with van der Waals surface area (Å²) < 4.78 is 1.83. The van der Waals surface area contributed by atoms with Gasteiger partial charge in [-0.2, -0.15) is 5.10 Å². The van der Waals surface area contributed by atoms with Crippen LogP contribution in [0, 0.1) is 0 Å². The van der Waals surface area contributed by atoms with E-state index in [1.807, 2.05) is 11.6 Å². The summed E-state index contributed by atoms with van der Waals surface area (Å²) in [7, 11) is 0. The lowest BCUT2D eigenvalue weighted by molar-refractivity contribution is 0.683. The van der Waals surface area contributed by atoms with Gasteiger partial charge in [0.1, 0.15) is 11.0 Å². The van der Waals surface area contributed by atoms with Crippen LogP contribution in [0.1, 0.15) is 6.92 Å². The summed E-state index contributed by atoms with van der Waals surface area (Å²) in [6, 6.07) is 0. The van der Waals surface area contributed by atoms with Crippen LogP contribution >= 0.6 is 0 Å². The van der Waals surface area contributed by atoms with Crippen LogP contribution in [0.2, 0.25) is 0 Å². The van der Waals surface area contributed by atoms with Crippen molar-refractivity contribution in [2.45, 2.75) is 13.5 Å². The van der Waals surface area contributed by atoms with Gasteiger partial charge in [0.2, 0.25) is 5.95 Å². The summed E-state index contributed by atoms with van der Waals surface area (Å²) in [6.07, 6.45) is 3.38. The maximum absolute atomic E-state index is 5.42. The Morgan fingerprint density at radius 3 is 3.08 bits per heavy atom. The molecule has 2 aromatic heterocycles. The fourth-order valence-electron chi connectivity index (χ4n) is 1.14. The first-order chi connectivity index (χ1) is 5.81. The second-order valence-corrected chi connectivity index (χ2v) is 2.46. The van der Waals surface area contributed by atoms with Gasteiger partial charge >= 0.3 is 0 Å². The number of fused-ring (bicyclic) bond motifs is 1. The van der Waals surface area contributed by atoms with Gasteiger partial charge in [0.05, 0.1) is 12.4 Å². The molecule has 0 saturated heterocycles. The smallest absolute Gasteiger partial charge is 0.220 e. The van der Waals surface area contributed by atoms with Gasteiger partial charge in [0.15, 0.2) is 0 Å². The van der Waals surface area contributed by atoms with Crippen molar-refractivity contribution in [3.63, 3.8) is 0 Å². The monoisotopic (exact) mass is 163 g/mol. The van der Waals surface area contributed by atoms with Gasteiger partial charge < -0.3 is 5.73 Å². The van der Waals surface area contributed by atoms with Crippen LogP contribution in [0.5, 0.6) is 0 Å². The number of nitrogens with zero attached hydrogens (tertiary/aromatic N) is 4. The van der Waals surface area contributed by atoms with E-state index >= 15 is 0 Å². The van der Waals surface area contributed by atoms with E-state index in [0.717, 1.165) is 17.6 Å². The highest BCUT2D eigenvalue weighted by Crippen LogP contribution is 2.09. The summed E-state index contributed by atoms with van der Waals surface area (Å²) in [6.45, 7) is 2.83. The van der Waals surface area contributed by atoms with Crippen LogP contribution in [0.3, 0.4) is 0 Å². The Bertz CT molecular complexity index is 405. The molecule has 0 saturated carbocycles. The number of nitrogen functional groups attached to an aromatic ring is 1. The van der Waals surface area contributed by atoms with Gasteiger partial charge in [-0.1, -0.05) is 0 Å². The first kappa shape index (κ1) is 7.02. The van der Waals surface area contributed by atoms with Crippen molar-refractivity contribution in [3.8, 4) is 0 Å². The molecule has 0 atom stereocenters. The molecule has 2 aromatic rings. The van der Waals surface area contributed by atoms with Crippen LogP contribution in [-0.4, -0.2) is 19.7 Å². The Hall–Kier alpha value is -1.65. The van der Waals surface area contributed by atoms with Crippen LogP contribution in [0.25, 0.3) is 11.0 Å². The lowest BCUT2D eigenvalue weighted by atomic mass is 10.5. The van der Waals surface area contributed by atoms with E-state index in [0.29, 0.717) is 0 Å². The van der Waals surface area contributed by atoms with Crippen molar-refractivity contribution in [2.24, 2.45) is 0 Å². The SMILES string of the molecule is CCn1ncc2nc(N)ncc21. The van der Waals surface area contributed by atoms with Crippen molar-refractivity contribution in [1.29, 1.82) is 0 Å². The minimum absolute atomic E-state index is 0.290. The zero-order valence-corrected chi connectivity index (χ0v) is 6.73. The fourth-order valence-corrected chi connectivity index (χ4v) is 1.14. The number of anilines is 1. The lowest BCUT2D eigenvalue weighted by Crippen LogP contribution is -1.98. The quantitative estimate of drug-likeness (QED) is 0.661. The van der Waals surface area contributed by atoms with Crippen molar-refractivity contribution >= 4 is 17.0 Å². The summed E-state index contributed by atoms with van der Waals surface area (Å²) in [5, 5.41) is 4.11. The highest BCUT2D eigenvalue weighted by molar-refractivity contribution is 5.73. The second-order valence-electron chi connectivity index (χ2n) is 2.46. The maximum atomic E-state index is 5.42. The summed E-state index contributed by atoms with van der Waals surface area (Å²) >= 11 is 0. The second kappa shape index (κ2) is 2.44. The molecule has 5 heteroatoms. The number of rotatable bonds is 1. The molecule has 0 aromatic carbocycles. The van der Waals surface area contributed by atoms with Crippen LogP contribution in [-0.2, 0) is 6.54 Å². The van der Waals surface area contributed by atoms with E-state index in [-0.39, 0.29) is 5.95 Å². The van der Waals surface area contributed by atoms with Crippen molar-refractivity contribution in [1.82, 2.24) is 19.7 Å². The Morgan fingerprint density at radius 2 is 2.33 bits per heavy atom. The first-order valence-electron chi connectivity index (χ1n) is 3.75. The van der Waals surface area contributed by atoms with Crippen LogP contribution in [0.4, 0.5) is 5.95 Å². The number of hydrogen-bond donors (Lipinski definition) is 1. The van der Waals surface area contributed by atoms with E-state index in [2.05, 4.69) is 15.1 Å². The van der Waals surface area contributed by atoms with Gasteiger partial charge in [0, 0.05) is 6.54 Å². The average molecular weight is 163 g/mol. The topological polar surface area (TPSA) is 69.6 Å². The minimum Gasteiger partial charge on any atom is -0.368 e. The van der Waals surface area contributed by atoms with Gasteiger partial charge in [-0.05, 0) is 6.92 Å². The van der Waals surface area contributed by atoms with E-state index in [1.54, 1.807) is 12.4 Å². The molecule has 0 aliphatic carbocycles. The highest BCUT2D eigenvalue weighted by Gasteiger charge is 2.01. The zero-order valence-electron chi connectivity index (χ0n) is 6.73. The summed E-state index contributed by atoms with van der Waals surface area (Å²) in [5.41, 5.74) is 7.13. The normalized spacial score (nSPS) is 10.8. The molecule has 0 amide bonds. The van der Waals surface area contributed by atoms with Crippen molar-refractivity contribution < 1.29 is 0 Å². The number of aromatic nitrogens is 4. The Balaban J connectivity index is 2.73. The molecule has 0 radical (unpaired) electrons. The van der Waals surface area contributed by atoms with E-state index in [1.165, 1.54) is 0 Å². The molecule has 0 aliphatic rings. The molecule has 62 valence electrons. The predicted molar refractivity (Wildman–Crippen MR) is 45.4 cm³/mol. The van der Waals surface area contributed by atoms with Crippen molar-refractivity contribution in [3.05, 3.63) is 12.4 Å². The largest absolute Gasteiger partial charge is 0.368 e. The predicted octanol–water partition coefficient (Wildman–Crippen LogP) is 0.428. The molecule has 0 unspecified atom stereocenters. The number of hydrogen-bond acceptors (Lipinski definition) is 4. The minimum atomic E-state index is 0.290. The van der Waals surface area contributed by atoms with E-state index < -0.39 is 0 Å². The molecule has 5 nitrogen and oxygen atoms in total. The molecule has 2 N–H and O–H groups in total. The number of nitrogens with two attached hydrogens (primary N) is 1. The van der Waals surface area contributed by atoms with Crippen LogP contribution < -0.4 is 5.73 Å². The molecule has 2 rings (SSSR count). The molecule has 12 heavy (non-hydrogen) atoms. The van der Waals surface area contributed by atoms with Crippen molar-refractivity contribution in [2.75, 3.05) is 5.73 Å².